The average Bonchev–Trinajstić information content (AvgIpc) is 3.03. The molecule has 3 aliphatic rings. The van der Waals surface area contributed by atoms with Crippen LogP contribution in [0.4, 0.5) is 8.78 Å². The SMILES string of the molecule is CC(C)=CCCN1C[C@@H]2C(NC(=O)[C@@](O)(c3ccccc3)[C@H]3CCC(F)(F)C3)[C@@H]2C1. The number of hydrogen-bond acceptors (Lipinski definition) is 3. The Morgan fingerprint density at radius 3 is 2.50 bits per heavy atom. The van der Waals surface area contributed by atoms with Crippen molar-refractivity contribution in [2.45, 2.75) is 57.1 Å². The van der Waals surface area contributed by atoms with Crippen molar-refractivity contribution < 1.29 is 18.7 Å². The van der Waals surface area contributed by atoms with Gasteiger partial charge in [0.25, 0.3) is 5.91 Å². The molecule has 0 radical (unpaired) electrons. The van der Waals surface area contributed by atoms with Crippen molar-refractivity contribution in [1.82, 2.24) is 10.2 Å². The Balaban J connectivity index is 1.41. The van der Waals surface area contributed by atoms with Gasteiger partial charge in [-0.15, -0.1) is 0 Å². The zero-order chi connectivity index (χ0) is 21.5. The summed E-state index contributed by atoms with van der Waals surface area (Å²) in [6.07, 6.45) is 2.67. The van der Waals surface area contributed by atoms with Gasteiger partial charge in [-0.25, -0.2) is 8.78 Å². The molecule has 1 aliphatic heterocycles. The number of halogens is 2. The first-order chi connectivity index (χ1) is 14.2. The van der Waals surface area contributed by atoms with E-state index in [0.717, 1.165) is 26.1 Å². The number of carbonyl (C=O) groups excluding carboxylic acids is 1. The number of alkyl halides is 2. The molecule has 6 heteroatoms. The van der Waals surface area contributed by atoms with Crippen molar-refractivity contribution in [3.05, 3.63) is 47.5 Å². The zero-order valence-corrected chi connectivity index (χ0v) is 17.8. The lowest BCUT2D eigenvalue weighted by Gasteiger charge is -2.33. The molecule has 0 bridgehead atoms. The number of rotatable bonds is 7. The highest BCUT2D eigenvalue weighted by Crippen LogP contribution is 2.49. The second kappa shape index (κ2) is 8.04. The third-order valence-electron chi connectivity index (χ3n) is 7.12. The van der Waals surface area contributed by atoms with E-state index < -0.39 is 29.8 Å². The molecule has 1 aromatic carbocycles. The Morgan fingerprint density at radius 2 is 1.93 bits per heavy atom. The minimum atomic E-state index is -2.82. The molecule has 1 amide bonds. The van der Waals surface area contributed by atoms with Gasteiger partial charge in [0, 0.05) is 44.4 Å². The van der Waals surface area contributed by atoms with Crippen molar-refractivity contribution in [2.75, 3.05) is 19.6 Å². The third kappa shape index (κ3) is 4.17. The van der Waals surface area contributed by atoms with E-state index in [9.17, 15) is 18.7 Å². The molecule has 1 unspecified atom stereocenters. The van der Waals surface area contributed by atoms with E-state index >= 15 is 0 Å². The highest BCUT2D eigenvalue weighted by Gasteiger charge is 2.59. The van der Waals surface area contributed by atoms with E-state index in [-0.39, 0.29) is 18.9 Å². The highest BCUT2D eigenvalue weighted by atomic mass is 19.3. The molecule has 1 heterocycles. The van der Waals surface area contributed by atoms with Crippen LogP contribution in [-0.2, 0) is 10.4 Å². The van der Waals surface area contributed by atoms with Gasteiger partial charge in [0.2, 0.25) is 5.92 Å². The molecule has 4 rings (SSSR count). The molecule has 3 fully saturated rings. The van der Waals surface area contributed by atoms with E-state index in [1.54, 1.807) is 30.3 Å². The second-order valence-electron chi connectivity index (χ2n) is 9.58. The van der Waals surface area contributed by atoms with Crippen molar-refractivity contribution in [3.8, 4) is 0 Å². The molecule has 4 nitrogen and oxygen atoms in total. The summed E-state index contributed by atoms with van der Waals surface area (Å²) in [5, 5.41) is 14.5. The Labute approximate surface area is 177 Å². The van der Waals surface area contributed by atoms with Gasteiger partial charge in [0.05, 0.1) is 0 Å². The van der Waals surface area contributed by atoms with Crippen molar-refractivity contribution >= 4 is 5.91 Å². The lowest BCUT2D eigenvalue weighted by atomic mass is 9.79. The summed E-state index contributed by atoms with van der Waals surface area (Å²) in [4.78, 5) is 15.7. The number of piperidine rings is 1. The first kappa shape index (κ1) is 21.4. The van der Waals surface area contributed by atoms with Gasteiger partial charge in [0.15, 0.2) is 5.60 Å². The number of amides is 1. The van der Waals surface area contributed by atoms with Crippen LogP contribution < -0.4 is 5.32 Å². The molecular formula is C24H32F2N2O2. The molecular weight excluding hydrogens is 386 g/mol. The van der Waals surface area contributed by atoms with Gasteiger partial charge >= 0.3 is 0 Å². The summed E-state index contributed by atoms with van der Waals surface area (Å²) in [7, 11) is 0. The van der Waals surface area contributed by atoms with Gasteiger partial charge in [-0.2, -0.15) is 0 Å². The van der Waals surface area contributed by atoms with Crippen LogP contribution in [0.1, 0.15) is 45.1 Å². The first-order valence-electron chi connectivity index (χ1n) is 11.0. The van der Waals surface area contributed by atoms with Crippen molar-refractivity contribution in [2.24, 2.45) is 17.8 Å². The van der Waals surface area contributed by atoms with Crippen molar-refractivity contribution in [3.63, 3.8) is 0 Å². The average molecular weight is 419 g/mol. The fourth-order valence-corrected chi connectivity index (χ4v) is 5.36. The number of allylic oxidation sites excluding steroid dienone is 1. The number of fused-ring (bicyclic) bond motifs is 1. The Morgan fingerprint density at radius 1 is 1.27 bits per heavy atom. The third-order valence-corrected chi connectivity index (χ3v) is 7.12. The molecule has 0 spiro atoms. The number of benzene rings is 1. The molecule has 2 N–H and O–H groups in total. The molecule has 2 saturated carbocycles. The summed E-state index contributed by atoms with van der Waals surface area (Å²) < 4.78 is 27.8. The van der Waals surface area contributed by atoms with Crippen LogP contribution in [0.15, 0.2) is 42.0 Å². The summed E-state index contributed by atoms with van der Waals surface area (Å²) in [5.41, 5.74) is -0.192. The van der Waals surface area contributed by atoms with Gasteiger partial charge in [-0.1, -0.05) is 42.0 Å². The summed E-state index contributed by atoms with van der Waals surface area (Å²) in [6.45, 7) is 7.10. The summed E-state index contributed by atoms with van der Waals surface area (Å²) in [6, 6.07) is 8.62. The topological polar surface area (TPSA) is 52.6 Å². The van der Waals surface area contributed by atoms with E-state index in [1.165, 1.54) is 5.57 Å². The fraction of sp³-hybridized carbons (Fsp3) is 0.625. The van der Waals surface area contributed by atoms with E-state index in [4.69, 9.17) is 0 Å². The van der Waals surface area contributed by atoms with Crippen molar-refractivity contribution in [1.29, 1.82) is 0 Å². The van der Waals surface area contributed by atoms with Gasteiger partial charge in [0.1, 0.15) is 0 Å². The minimum absolute atomic E-state index is 0.0364. The van der Waals surface area contributed by atoms with Gasteiger partial charge in [-0.3, -0.25) is 4.79 Å². The standard InChI is InChI=1S/C24H32F2N2O2/c1-16(2)7-6-12-28-14-19-20(15-28)21(19)27-22(29)24(30,17-8-4-3-5-9-17)18-10-11-23(25,26)13-18/h3-5,7-9,18-21,30H,6,10-15H2,1-2H3,(H,27,29)/t18-,19-,20+,21?,24+/m0/s1. The fourth-order valence-electron chi connectivity index (χ4n) is 5.36. The van der Waals surface area contributed by atoms with Crippen LogP contribution in [-0.4, -0.2) is 47.5 Å². The number of likely N-dealkylation sites (tertiary alicyclic amines) is 1. The zero-order valence-electron chi connectivity index (χ0n) is 17.8. The highest BCUT2D eigenvalue weighted by molar-refractivity contribution is 5.87. The number of hydrogen-bond donors (Lipinski definition) is 2. The monoisotopic (exact) mass is 418 g/mol. The number of carbonyl (C=O) groups is 1. The Bertz CT molecular complexity index is 797. The van der Waals surface area contributed by atoms with Gasteiger partial charge < -0.3 is 15.3 Å². The van der Waals surface area contributed by atoms with Crippen LogP contribution in [0.25, 0.3) is 0 Å². The molecule has 5 atom stereocenters. The number of nitrogens with one attached hydrogen (secondary N) is 1. The largest absolute Gasteiger partial charge is 0.375 e. The predicted molar refractivity (Wildman–Crippen MR) is 112 cm³/mol. The van der Waals surface area contributed by atoms with Crippen LogP contribution in [0.5, 0.6) is 0 Å². The van der Waals surface area contributed by atoms with Gasteiger partial charge in [-0.05, 0) is 44.1 Å². The predicted octanol–water partition coefficient (Wildman–Crippen LogP) is 3.71. The molecule has 1 saturated heterocycles. The summed E-state index contributed by atoms with van der Waals surface area (Å²) in [5.74, 6) is -3.34. The lowest BCUT2D eigenvalue weighted by Crippen LogP contribution is -2.51. The maximum absolute atomic E-state index is 13.9. The van der Waals surface area contributed by atoms with E-state index in [0.29, 0.717) is 17.4 Å². The van der Waals surface area contributed by atoms with Crippen LogP contribution in [0, 0.1) is 17.8 Å². The summed E-state index contributed by atoms with van der Waals surface area (Å²) >= 11 is 0. The number of aliphatic hydroxyl groups is 1. The molecule has 164 valence electrons. The van der Waals surface area contributed by atoms with Crippen LogP contribution >= 0.6 is 0 Å². The van der Waals surface area contributed by atoms with Crippen LogP contribution in [0.2, 0.25) is 0 Å². The smallest absolute Gasteiger partial charge is 0.257 e. The maximum atomic E-state index is 13.9. The van der Waals surface area contributed by atoms with E-state index in [2.05, 4.69) is 30.1 Å². The molecule has 0 aromatic heterocycles. The molecule has 2 aliphatic carbocycles. The normalized spacial score (nSPS) is 31.6. The van der Waals surface area contributed by atoms with E-state index in [1.807, 2.05) is 0 Å². The Kier molecular flexibility index (Phi) is 5.75. The second-order valence-corrected chi connectivity index (χ2v) is 9.58. The lowest BCUT2D eigenvalue weighted by molar-refractivity contribution is -0.149. The molecule has 1 aromatic rings. The first-order valence-corrected chi connectivity index (χ1v) is 11.0. The number of nitrogens with zero attached hydrogens (tertiary/aromatic N) is 1. The minimum Gasteiger partial charge on any atom is -0.375 e. The molecule has 30 heavy (non-hydrogen) atoms. The van der Waals surface area contributed by atoms with Crippen LogP contribution in [0.3, 0.4) is 0 Å². The quantitative estimate of drug-likeness (QED) is 0.664. The Hall–Kier alpha value is -1.79. The maximum Gasteiger partial charge on any atom is 0.257 e.